The minimum Gasteiger partial charge on any atom is -0.616 e. The number of unbranched alkanes of at least 4 members (excludes halogenated alkanes) is 3. The van der Waals surface area contributed by atoms with E-state index in [1.54, 1.807) is 0 Å². The van der Waals surface area contributed by atoms with Crippen LogP contribution in [0.2, 0.25) is 0 Å². The van der Waals surface area contributed by atoms with Gasteiger partial charge < -0.3 is 14.4 Å². The van der Waals surface area contributed by atoms with E-state index in [0.29, 0.717) is 29.8 Å². The third-order valence-corrected chi connectivity index (χ3v) is 7.46. The normalized spacial score (nSPS) is 27.7. The van der Waals surface area contributed by atoms with Crippen molar-refractivity contribution in [3.05, 3.63) is 35.9 Å². The SMILES string of the molecule is O=C(O)CCCCCCC1C2CCC(O2)C1CC[S+]([O-])Cc1ccccc1. The van der Waals surface area contributed by atoms with Crippen LogP contribution in [0.1, 0.15) is 63.4 Å². The Labute approximate surface area is 165 Å². The zero-order valence-electron chi connectivity index (χ0n) is 16.1. The number of aliphatic carboxylic acids is 1. The van der Waals surface area contributed by atoms with Gasteiger partial charge in [0.05, 0.1) is 12.2 Å². The van der Waals surface area contributed by atoms with Gasteiger partial charge in [0.25, 0.3) is 0 Å². The molecule has 0 spiro atoms. The van der Waals surface area contributed by atoms with Gasteiger partial charge in [-0.3, -0.25) is 4.79 Å². The Hall–Kier alpha value is -1.04. The van der Waals surface area contributed by atoms with E-state index in [9.17, 15) is 9.35 Å². The maximum absolute atomic E-state index is 12.5. The molecule has 2 aliphatic heterocycles. The van der Waals surface area contributed by atoms with Gasteiger partial charge in [-0.1, -0.05) is 49.6 Å². The summed E-state index contributed by atoms with van der Waals surface area (Å²) < 4.78 is 18.7. The average Bonchev–Trinajstić information content (AvgIpc) is 3.25. The molecule has 0 aliphatic carbocycles. The molecule has 5 atom stereocenters. The van der Waals surface area contributed by atoms with Crippen LogP contribution in [-0.2, 0) is 26.5 Å². The van der Waals surface area contributed by atoms with Crippen molar-refractivity contribution >= 4 is 17.1 Å². The molecule has 0 radical (unpaired) electrons. The lowest BCUT2D eigenvalue weighted by Gasteiger charge is -2.28. The number of carboxylic acid groups (broad SMARTS) is 1. The molecule has 5 unspecified atom stereocenters. The number of benzene rings is 1. The topological polar surface area (TPSA) is 69.6 Å². The zero-order valence-corrected chi connectivity index (χ0v) is 16.9. The van der Waals surface area contributed by atoms with Gasteiger partial charge in [0, 0.05) is 12.0 Å². The molecule has 1 N–H and O–H groups in total. The molecule has 1 aromatic carbocycles. The first-order valence-corrected chi connectivity index (χ1v) is 11.9. The summed E-state index contributed by atoms with van der Waals surface area (Å²) in [6, 6.07) is 10.1. The van der Waals surface area contributed by atoms with Crippen LogP contribution in [0.5, 0.6) is 0 Å². The van der Waals surface area contributed by atoms with Crippen LogP contribution in [0.25, 0.3) is 0 Å². The molecule has 2 bridgehead atoms. The average molecular weight is 393 g/mol. The first kappa shape index (κ1) is 20.7. The van der Waals surface area contributed by atoms with E-state index in [4.69, 9.17) is 9.84 Å². The lowest BCUT2D eigenvalue weighted by molar-refractivity contribution is -0.137. The fourth-order valence-electron chi connectivity index (χ4n) is 4.78. The summed E-state index contributed by atoms with van der Waals surface area (Å²) in [5, 5.41) is 8.70. The highest BCUT2D eigenvalue weighted by molar-refractivity contribution is 7.90. The number of fused-ring (bicyclic) bond motifs is 2. The Morgan fingerprint density at radius 1 is 1.04 bits per heavy atom. The largest absolute Gasteiger partial charge is 0.616 e. The first-order chi connectivity index (χ1) is 13.1. The highest BCUT2D eigenvalue weighted by Crippen LogP contribution is 2.47. The number of carboxylic acids is 1. The fraction of sp³-hybridized carbons (Fsp3) is 0.682. The Bertz CT molecular complexity index is 579. The number of ether oxygens (including phenoxy) is 1. The summed E-state index contributed by atoms with van der Waals surface area (Å²) in [6.45, 7) is 0. The van der Waals surface area contributed by atoms with Gasteiger partial charge in [0.2, 0.25) is 0 Å². The van der Waals surface area contributed by atoms with E-state index in [1.807, 2.05) is 30.3 Å². The molecular weight excluding hydrogens is 360 g/mol. The van der Waals surface area contributed by atoms with E-state index in [-0.39, 0.29) is 6.42 Å². The van der Waals surface area contributed by atoms with Crippen molar-refractivity contribution in [1.82, 2.24) is 0 Å². The Kier molecular flexibility index (Phi) is 8.04. The molecular formula is C22H32O4S. The van der Waals surface area contributed by atoms with Crippen molar-refractivity contribution in [2.24, 2.45) is 11.8 Å². The molecule has 27 heavy (non-hydrogen) atoms. The Morgan fingerprint density at radius 3 is 2.41 bits per heavy atom. The molecule has 1 aromatic rings. The van der Waals surface area contributed by atoms with Crippen molar-refractivity contribution in [1.29, 1.82) is 0 Å². The number of hydrogen-bond acceptors (Lipinski definition) is 3. The number of carbonyl (C=O) groups is 1. The molecule has 0 aromatic heterocycles. The molecule has 2 aliphatic rings. The van der Waals surface area contributed by atoms with Gasteiger partial charge in [0.15, 0.2) is 0 Å². The summed E-state index contributed by atoms with van der Waals surface area (Å²) in [5.74, 6) is 1.89. The molecule has 2 heterocycles. The molecule has 150 valence electrons. The van der Waals surface area contributed by atoms with Gasteiger partial charge in [-0.05, 0) is 55.1 Å². The van der Waals surface area contributed by atoms with Gasteiger partial charge in [0.1, 0.15) is 11.5 Å². The summed E-state index contributed by atoms with van der Waals surface area (Å²) in [6.07, 6.45) is 9.62. The van der Waals surface area contributed by atoms with Gasteiger partial charge >= 0.3 is 5.97 Å². The van der Waals surface area contributed by atoms with Crippen LogP contribution in [0.15, 0.2) is 30.3 Å². The second-order valence-corrected chi connectivity index (χ2v) is 9.60. The standard InChI is InChI=1S/C22H32O4S/c23-22(24)11-7-2-1-6-10-18-19(21-13-12-20(18)26-21)14-15-27(25)16-17-8-4-3-5-9-17/h3-5,8-9,18-21H,1-2,6-7,10-16H2,(H,23,24). The van der Waals surface area contributed by atoms with Crippen LogP contribution < -0.4 is 0 Å². The van der Waals surface area contributed by atoms with E-state index < -0.39 is 17.1 Å². The number of rotatable bonds is 12. The van der Waals surface area contributed by atoms with Gasteiger partial charge in [-0.2, -0.15) is 0 Å². The molecule has 2 fully saturated rings. The van der Waals surface area contributed by atoms with E-state index >= 15 is 0 Å². The molecule has 0 amide bonds. The van der Waals surface area contributed by atoms with E-state index in [2.05, 4.69) is 0 Å². The van der Waals surface area contributed by atoms with Crippen LogP contribution >= 0.6 is 0 Å². The maximum atomic E-state index is 12.5. The molecule has 0 saturated carbocycles. The lowest BCUT2D eigenvalue weighted by atomic mass is 9.75. The third kappa shape index (κ3) is 6.23. The van der Waals surface area contributed by atoms with Crippen molar-refractivity contribution in [3.63, 3.8) is 0 Å². The molecule has 3 rings (SSSR count). The highest BCUT2D eigenvalue weighted by atomic mass is 32.2. The fourth-order valence-corrected chi connectivity index (χ4v) is 6.02. The monoisotopic (exact) mass is 392 g/mol. The smallest absolute Gasteiger partial charge is 0.303 e. The predicted octanol–water partition coefficient (Wildman–Crippen LogP) is 4.54. The van der Waals surface area contributed by atoms with Gasteiger partial charge in [-0.25, -0.2) is 0 Å². The van der Waals surface area contributed by atoms with Crippen molar-refractivity contribution in [3.8, 4) is 0 Å². The summed E-state index contributed by atoms with van der Waals surface area (Å²) in [4.78, 5) is 10.6. The second-order valence-electron chi connectivity index (χ2n) is 8.03. The van der Waals surface area contributed by atoms with Crippen molar-refractivity contribution < 1.29 is 19.2 Å². The first-order valence-electron chi connectivity index (χ1n) is 10.4. The minimum atomic E-state index is -0.810. The molecule has 2 saturated heterocycles. The van der Waals surface area contributed by atoms with E-state index in [0.717, 1.165) is 49.8 Å². The molecule has 4 nitrogen and oxygen atoms in total. The number of hydrogen-bond donors (Lipinski definition) is 1. The van der Waals surface area contributed by atoms with Crippen molar-refractivity contribution in [2.45, 2.75) is 75.7 Å². The Balaban J connectivity index is 1.39. The van der Waals surface area contributed by atoms with Gasteiger partial charge in [-0.15, -0.1) is 0 Å². The highest BCUT2D eigenvalue weighted by Gasteiger charge is 2.48. The summed E-state index contributed by atoms with van der Waals surface area (Å²) in [7, 11) is 0. The van der Waals surface area contributed by atoms with Crippen LogP contribution in [0.4, 0.5) is 0 Å². The van der Waals surface area contributed by atoms with Crippen LogP contribution in [-0.4, -0.2) is 33.6 Å². The third-order valence-electron chi connectivity index (χ3n) is 6.12. The Morgan fingerprint density at radius 2 is 1.70 bits per heavy atom. The van der Waals surface area contributed by atoms with Crippen LogP contribution in [0.3, 0.4) is 0 Å². The lowest BCUT2D eigenvalue weighted by Crippen LogP contribution is -2.29. The predicted molar refractivity (Wildman–Crippen MR) is 108 cm³/mol. The van der Waals surface area contributed by atoms with Crippen molar-refractivity contribution in [2.75, 3.05) is 5.75 Å². The second kappa shape index (κ2) is 10.5. The minimum absolute atomic E-state index is 0.285. The maximum Gasteiger partial charge on any atom is 0.303 e. The van der Waals surface area contributed by atoms with Crippen LogP contribution in [0, 0.1) is 11.8 Å². The molecule has 5 heteroatoms. The summed E-state index contributed by atoms with van der Waals surface area (Å²) >= 11 is -0.810. The van der Waals surface area contributed by atoms with E-state index in [1.165, 1.54) is 12.8 Å². The quantitative estimate of drug-likeness (QED) is 0.419. The summed E-state index contributed by atoms with van der Waals surface area (Å²) in [5.41, 5.74) is 1.15. The zero-order chi connectivity index (χ0) is 19.1.